The van der Waals surface area contributed by atoms with Gasteiger partial charge in [-0.15, -0.1) is 0 Å². The van der Waals surface area contributed by atoms with E-state index in [1.54, 1.807) is 12.1 Å². The van der Waals surface area contributed by atoms with Crippen LogP contribution in [0.1, 0.15) is 29.4 Å². The van der Waals surface area contributed by atoms with Gasteiger partial charge >= 0.3 is 0 Å². The zero-order valence-corrected chi connectivity index (χ0v) is 10.2. The van der Waals surface area contributed by atoms with E-state index in [4.69, 9.17) is 5.84 Å². The van der Waals surface area contributed by atoms with Gasteiger partial charge in [-0.2, -0.15) is 0 Å². The number of nitrogen functional groups attached to an aromatic ring is 1. The number of aryl methyl sites for hydroxylation is 1. The Kier molecular flexibility index (Phi) is 3.28. The summed E-state index contributed by atoms with van der Waals surface area (Å²) in [6, 6.07) is 3.41. The fourth-order valence-electron chi connectivity index (χ4n) is 1.88. The molecule has 92 valence electrons. The van der Waals surface area contributed by atoms with Gasteiger partial charge in [-0.25, -0.2) is 10.8 Å². The van der Waals surface area contributed by atoms with Crippen LogP contribution in [0.15, 0.2) is 12.1 Å². The average molecular weight is 234 g/mol. The van der Waals surface area contributed by atoms with Crippen molar-refractivity contribution in [2.75, 3.05) is 12.0 Å². The summed E-state index contributed by atoms with van der Waals surface area (Å²) in [4.78, 5) is 16.0. The van der Waals surface area contributed by atoms with Crippen molar-refractivity contribution in [1.82, 2.24) is 10.3 Å². The molecule has 0 aromatic carbocycles. The van der Waals surface area contributed by atoms with Crippen LogP contribution >= 0.6 is 0 Å². The van der Waals surface area contributed by atoms with Gasteiger partial charge in [-0.05, 0) is 37.3 Å². The standard InChI is InChI=1S/C12H18N4O/c1-7-3-10(7)6-14-12(17)9-4-8(2)15-11(5-9)16-13/h4-5,7,10H,3,6,13H2,1-2H3,(H,14,17)(H,15,16). The second-order valence-electron chi connectivity index (χ2n) is 4.71. The predicted molar refractivity (Wildman–Crippen MR) is 66.4 cm³/mol. The van der Waals surface area contributed by atoms with Crippen molar-refractivity contribution >= 4 is 11.7 Å². The van der Waals surface area contributed by atoms with Gasteiger partial charge in [0, 0.05) is 17.8 Å². The number of nitrogens with one attached hydrogen (secondary N) is 2. The van der Waals surface area contributed by atoms with Crippen molar-refractivity contribution in [3.8, 4) is 0 Å². The lowest BCUT2D eigenvalue weighted by molar-refractivity contribution is 0.0951. The number of pyridine rings is 1. The number of aromatic nitrogens is 1. The fourth-order valence-corrected chi connectivity index (χ4v) is 1.88. The van der Waals surface area contributed by atoms with E-state index in [0.717, 1.165) is 18.2 Å². The lowest BCUT2D eigenvalue weighted by atomic mass is 10.2. The van der Waals surface area contributed by atoms with Crippen molar-refractivity contribution < 1.29 is 4.79 Å². The molecule has 1 aliphatic rings. The van der Waals surface area contributed by atoms with Crippen LogP contribution in [0.25, 0.3) is 0 Å². The molecule has 1 amide bonds. The maximum Gasteiger partial charge on any atom is 0.251 e. The van der Waals surface area contributed by atoms with E-state index < -0.39 is 0 Å². The van der Waals surface area contributed by atoms with Gasteiger partial charge in [-0.1, -0.05) is 6.92 Å². The second-order valence-corrected chi connectivity index (χ2v) is 4.71. The molecule has 1 aromatic rings. The summed E-state index contributed by atoms with van der Waals surface area (Å²) >= 11 is 0. The van der Waals surface area contributed by atoms with Crippen molar-refractivity contribution in [2.45, 2.75) is 20.3 Å². The first-order chi connectivity index (χ1) is 8.10. The molecule has 1 aromatic heterocycles. The summed E-state index contributed by atoms with van der Waals surface area (Å²) in [6.07, 6.45) is 1.21. The van der Waals surface area contributed by atoms with Crippen LogP contribution in [-0.4, -0.2) is 17.4 Å². The normalized spacial score (nSPS) is 22.1. The maximum absolute atomic E-state index is 11.9. The Balaban J connectivity index is 2.00. The monoisotopic (exact) mass is 234 g/mol. The number of nitrogens with two attached hydrogens (primary N) is 1. The molecule has 5 nitrogen and oxygen atoms in total. The maximum atomic E-state index is 11.9. The van der Waals surface area contributed by atoms with E-state index in [0.29, 0.717) is 17.3 Å². The van der Waals surface area contributed by atoms with E-state index in [9.17, 15) is 4.79 Å². The first kappa shape index (κ1) is 11.9. The van der Waals surface area contributed by atoms with Gasteiger partial charge in [0.15, 0.2) is 0 Å². The number of anilines is 1. The lowest BCUT2D eigenvalue weighted by Crippen LogP contribution is -2.26. The van der Waals surface area contributed by atoms with Crippen LogP contribution < -0.4 is 16.6 Å². The summed E-state index contributed by atoms with van der Waals surface area (Å²) in [5.41, 5.74) is 3.82. The largest absolute Gasteiger partial charge is 0.352 e. The van der Waals surface area contributed by atoms with Crippen molar-refractivity contribution in [3.05, 3.63) is 23.4 Å². The third-order valence-electron chi connectivity index (χ3n) is 3.16. The van der Waals surface area contributed by atoms with Crippen LogP contribution in [0.3, 0.4) is 0 Å². The highest BCUT2D eigenvalue weighted by atomic mass is 16.1. The van der Waals surface area contributed by atoms with Crippen molar-refractivity contribution in [2.24, 2.45) is 17.7 Å². The first-order valence-electron chi connectivity index (χ1n) is 5.83. The molecule has 2 rings (SSSR count). The highest BCUT2D eigenvalue weighted by Gasteiger charge is 2.32. The van der Waals surface area contributed by atoms with E-state index in [1.807, 2.05) is 6.92 Å². The number of amides is 1. The van der Waals surface area contributed by atoms with E-state index in [1.165, 1.54) is 6.42 Å². The van der Waals surface area contributed by atoms with Crippen LogP contribution in [-0.2, 0) is 0 Å². The number of carbonyl (C=O) groups is 1. The number of hydrazine groups is 1. The molecule has 2 atom stereocenters. The molecule has 0 radical (unpaired) electrons. The van der Waals surface area contributed by atoms with Gasteiger partial charge in [0.1, 0.15) is 5.82 Å². The summed E-state index contributed by atoms with van der Waals surface area (Å²) < 4.78 is 0. The van der Waals surface area contributed by atoms with Crippen LogP contribution in [0.2, 0.25) is 0 Å². The highest BCUT2D eigenvalue weighted by molar-refractivity contribution is 5.95. The average Bonchev–Trinajstić information content (AvgIpc) is 3.01. The summed E-state index contributed by atoms with van der Waals surface area (Å²) in [6.45, 7) is 4.79. The highest BCUT2D eigenvalue weighted by Crippen LogP contribution is 2.36. The fraction of sp³-hybridized carbons (Fsp3) is 0.500. The Morgan fingerprint density at radius 1 is 1.59 bits per heavy atom. The molecule has 0 aliphatic heterocycles. The number of nitrogens with zero attached hydrogens (tertiary/aromatic N) is 1. The van der Waals surface area contributed by atoms with Gasteiger partial charge in [0.25, 0.3) is 5.91 Å². The minimum atomic E-state index is -0.0638. The third kappa shape index (κ3) is 2.94. The van der Waals surface area contributed by atoms with E-state index in [2.05, 4.69) is 22.7 Å². The molecule has 2 unspecified atom stereocenters. The SMILES string of the molecule is Cc1cc(C(=O)NCC2CC2C)cc(NN)n1. The Morgan fingerprint density at radius 2 is 2.29 bits per heavy atom. The third-order valence-corrected chi connectivity index (χ3v) is 3.16. The molecule has 1 fully saturated rings. The van der Waals surface area contributed by atoms with E-state index in [-0.39, 0.29) is 5.91 Å². The molecule has 17 heavy (non-hydrogen) atoms. The molecule has 5 heteroatoms. The lowest BCUT2D eigenvalue weighted by Gasteiger charge is -2.07. The quantitative estimate of drug-likeness (QED) is 0.537. The van der Waals surface area contributed by atoms with Crippen LogP contribution in [0.5, 0.6) is 0 Å². The predicted octanol–water partition coefficient (Wildman–Crippen LogP) is 1.06. The molecular weight excluding hydrogens is 216 g/mol. The van der Waals surface area contributed by atoms with Crippen LogP contribution in [0.4, 0.5) is 5.82 Å². The van der Waals surface area contributed by atoms with Gasteiger partial charge < -0.3 is 10.7 Å². The summed E-state index contributed by atoms with van der Waals surface area (Å²) in [7, 11) is 0. The van der Waals surface area contributed by atoms with Gasteiger partial charge in [0.2, 0.25) is 0 Å². The molecule has 1 heterocycles. The molecule has 1 aliphatic carbocycles. The molecule has 0 bridgehead atoms. The molecular formula is C12H18N4O. The number of rotatable bonds is 4. The van der Waals surface area contributed by atoms with E-state index >= 15 is 0 Å². The minimum absolute atomic E-state index is 0.0638. The zero-order valence-electron chi connectivity index (χ0n) is 10.2. The Labute approximate surface area is 101 Å². The topological polar surface area (TPSA) is 80.0 Å². The summed E-state index contributed by atoms with van der Waals surface area (Å²) in [5, 5.41) is 2.93. The van der Waals surface area contributed by atoms with Gasteiger partial charge in [-0.3, -0.25) is 4.79 Å². The molecule has 0 spiro atoms. The smallest absolute Gasteiger partial charge is 0.251 e. The minimum Gasteiger partial charge on any atom is -0.352 e. The number of hydrogen-bond donors (Lipinski definition) is 3. The zero-order chi connectivity index (χ0) is 12.4. The number of hydrogen-bond acceptors (Lipinski definition) is 4. The first-order valence-corrected chi connectivity index (χ1v) is 5.83. The van der Waals surface area contributed by atoms with Crippen molar-refractivity contribution in [3.63, 3.8) is 0 Å². The molecule has 4 N–H and O–H groups in total. The van der Waals surface area contributed by atoms with Crippen molar-refractivity contribution in [1.29, 1.82) is 0 Å². The Bertz CT molecular complexity index is 433. The summed E-state index contributed by atoms with van der Waals surface area (Å²) in [5.74, 6) is 7.13. The molecule has 1 saturated carbocycles. The second kappa shape index (κ2) is 4.71. The van der Waals surface area contributed by atoms with Gasteiger partial charge in [0.05, 0.1) is 0 Å². The van der Waals surface area contributed by atoms with Crippen LogP contribution in [0, 0.1) is 18.8 Å². The Morgan fingerprint density at radius 3 is 2.88 bits per heavy atom. The Hall–Kier alpha value is -1.62. The number of carbonyl (C=O) groups excluding carboxylic acids is 1. The molecule has 0 saturated heterocycles.